The van der Waals surface area contributed by atoms with E-state index in [2.05, 4.69) is 16.2 Å². The number of carbonyl (C=O) groups excluding carboxylic acids is 2. The van der Waals surface area contributed by atoms with Crippen molar-refractivity contribution in [1.82, 2.24) is 20.7 Å². The maximum Gasteiger partial charge on any atom is 0.333 e. The van der Waals surface area contributed by atoms with Gasteiger partial charge >= 0.3 is 6.03 Å². The maximum atomic E-state index is 12.3. The molecule has 0 fully saturated rings. The number of nitrogens with zero attached hydrogens (tertiary/aromatic N) is 1. The number of nitrogens with one attached hydrogen (secondary N) is 3. The maximum absolute atomic E-state index is 12.3. The predicted molar refractivity (Wildman–Crippen MR) is 92.2 cm³/mol. The number of urea groups is 1. The SMILES string of the molecule is Cn1cc(C(=O)NNC(=O)NCc2ccccc2)c2ccccc21. The van der Waals surface area contributed by atoms with Crippen LogP contribution in [0.2, 0.25) is 0 Å². The van der Waals surface area contributed by atoms with Crippen molar-refractivity contribution >= 4 is 22.8 Å². The molecule has 3 N–H and O–H groups in total. The van der Waals surface area contributed by atoms with Gasteiger partial charge in [-0.3, -0.25) is 10.2 Å². The van der Waals surface area contributed by atoms with Gasteiger partial charge in [-0.25, -0.2) is 10.2 Å². The number of carbonyl (C=O) groups is 2. The first-order valence-electron chi connectivity index (χ1n) is 7.57. The predicted octanol–water partition coefficient (Wildman–Crippen LogP) is 2.32. The average Bonchev–Trinajstić information content (AvgIpc) is 2.96. The van der Waals surface area contributed by atoms with E-state index in [0.29, 0.717) is 12.1 Å². The molecule has 2 aromatic carbocycles. The minimum Gasteiger partial charge on any atom is -0.350 e. The van der Waals surface area contributed by atoms with Crippen molar-refractivity contribution in [2.45, 2.75) is 6.54 Å². The molecule has 0 saturated heterocycles. The van der Waals surface area contributed by atoms with Crippen LogP contribution in [0, 0.1) is 0 Å². The molecule has 6 heteroatoms. The summed E-state index contributed by atoms with van der Waals surface area (Å²) in [6, 6.07) is 16.7. The van der Waals surface area contributed by atoms with Crippen molar-refractivity contribution in [3.05, 3.63) is 71.9 Å². The first kappa shape index (κ1) is 15.6. The van der Waals surface area contributed by atoms with Gasteiger partial charge in [-0.05, 0) is 11.6 Å². The Balaban J connectivity index is 1.58. The number of hydrazine groups is 1. The summed E-state index contributed by atoms with van der Waals surface area (Å²) in [6.45, 7) is 0.386. The van der Waals surface area contributed by atoms with Crippen molar-refractivity contribution in [2.75, 3.05) is 0 Å². The first-order chi connectivity index (χ1) is 11.6. The Hall–Kier alpha value is -3.28. The number of benzene rings is 2. The summed E-state index contributed by atoms with van der Waals surface area (Å²) in [5.41, 5.74) is 7.24. The molecule has 0 saturated carbocycles. The number of fused-ring (bicyclic) bond motifs is 1. The molecule has 3 rings (SSSR count). The number of para-hydroxylation sites is 1. The topological polar surface area (TPSA) is 75.2 Å². The highest BCUT2D eigenvalue weighted by atomic mass is 16.2. The number of aromatic nitrogens is 1. The van der Waals surface area contributed by atoms with E-state index in [1.54, 1.807) is 6.20 Å². The number of hydrogen-bond donors (Lipinski definition) is 3. The molecular weight excluding hydrogens is 304 g/mol. The molecule has 0 aliphatic heterocycles. The van der Waals surface area contributed by atoms with E-state index < -0.39 is 6.03 Å². The Morgan fingerprint density at radius 3 is 2.46 bits per heavy atom. The van der Waals surface area contributed by atoms with Gasteiger partial charge in [-0.2, -0.15) is 0 Å². The lowest BCUT2D eigenvalue weighted by molar-refractivity contribution is 0.0937. The summed E-state index contributed by atoms with van der Waals surface area (Å²) >= 11 is 0. The molecule has 0 bridgehead atoms. The molecule has 24 heavy (non-hydrogen) atoms. The van der Waals surface area contributed by atoms with Gasteiger partial charge < -0.3 is 9.88 Å². The van der Waals surface area contributed by atoms with Gasteiger partial charge in [0.1, 0.15) is 0 Å². The highest BCUT2D eigenvalue weighted by molar-refractivity contribution is 6.07. The standard InChI is InChI=1S/C18H18N4O2/c1-22-12-15(14-9-5-6-10-16(14)22)17(23)20-21-18(24)19-11-13-7-3-2-4-8-13/h2-10,12H,11H2,1H3,(H,20,23)(H2,19,21,24). The third kappa shape index (κ3) is 3.38. The number of aryl methyl sites for hydroxylation is 1. The van der Waals surface area contributed by atoms with Crippen LogP contribution < -0.4 is 16.2 Å². The molecule has 6 nitrogen and oxygen atoms in total. The van der Waals surface area contributed by atoms with Gasteiger partial charge in [-0.1, -0.05) is 48.5 Å². The highest BCUT2D eigenvalue weighted by Gasteiger charge is 2.13. The monoisotopic (exact) mass is 322 g/mol. The van der Waals surface area contributed by atoms with Crippen molar-refractivity contribution in [2.24, 2.45) is 7.05 Å². The first-order valence-corrected chi connectivity index (χ1v) is 7.57. The van der Waals surface area contributed by atoms with Gasteiger partial charge in [0.25, 0.3) is 5.91 Å². The third-order valence-electron chi connectivity index (χ3n) is 3.73. The van der Waals surface area contributed by atoms with E-state index in [1.165, 1.54) is 0 Å². The Morgan fingerprint density at radius 1 is 0.958 bits per heavy atom. The Morgan fingerprint density at radius 2 is 1.67 bits per heavy atom. The third-order valence-corrected chi connectivity index (χ3v) is 3.73. The highest BCUT2D eigenvalue weighted by Crippen LogP contribution is 2.19. The molecule has 0 unspecified atom stereocenters. The largest absolute Gasteiger partial charge is 0.350 e. The number of hydrogen-bond acceptors (Lipinski definition) is 2. The van der Waals surface area contributed by atoms with Crippen molar-refractivity contribution in [3.8, 4) is 0 Å². The van der Waals surface area contributed by atoms with Crippen molar-refractivity contribution in [1.29, 1.82) is 0 Å². The molecule has 0 spiro atoms. The second-order valence-electron chi connectivity index (χ2n) is 5.42. The molecule has 1 aromatic heterocycles. The number of rotatable bonds is 3. The summed E-state index contributed by atoms with van der Waals surface area (Å²) < 4.78 is 1.87. The van der Waals surface area contributed by atoms with Crippen LogP contribution in [0.5, 0.6) is 0 Å². The smallest absolute Gasteiger partial charge is 0.333 e. The summed E-state index contributed by atoms with van der Waals surface area (Å²) in [7, 11) is 1.87. The van der Waals surface area contributed by atoms with E-state index in [0.717, 1.165) is 16.5 Å². The van der Waals surface area contributed by atoms with Gasteiger partial charge in [0, 0.05) is 30.7 Å². The van der Waals surface area contributed by atoms with Gasteiger partial charge in [-0.15, -0.1) is 0 Å². The van der Waals surface area contributed by atoms with Crippen LogP contribution in [0.15, 0.2) is 60.8 Å². The van der Waals surface area contributed by atoms with E-state index >= 15 is 0 Å². The van der Waals surface area contributed by atoms with Crippen LogP contribution >= 0.6 is 0 Å². The molecule has 122 valence electrons. The Labute approximate surface area is 139 Å². The fourth-order valence-electron chi connectivity index (χ4n) is 2.53. The molecule has 0 aliphatic rings. The Kier molecular flexibility index (Phi) is 4.47. The molecule has 0 radical (unpaired) electrons. The summed E-state index contributed by atoms with van der Waals surface area (Å²) in [5.74, 6) is -0.360. The lowest BCUT2D eigenvalue weighted by atomic mass is 10.2. The summed E-state index contributed by atoms with van der Waals surface area (Å²) in [4.78, 5) is 24.1. The summed E-state index contributed by atoms with van der Waals surface area (Å²) in [6.07, 6.45) is 1.74. The van der Waals surface area contributed by atoms with Crippen LogP contribution in [-0.2, 0) is 13.6 Å². The fourth-order valence-corrected chi connectivity index (χ4v) is 2.53. The van der Waals surface area contributed by atoms with Crippen LogP contribution in [0.4, 0.5) is 4.79 Å². The number of amides is 3. The van der Waals surface area contributed by atoms with Crippen LogP contribution in [0.1, 0.15) is 15.9 Å². The zero-order valence-electron chi connectivity index (χ0n) is 13.2. The molecule has 1 heterocycles. The van der Waals surface area contributed by atoms with E-state index in [4.69, 9.17) is 0 Å². The molecular formula is C18H18N4O2. The zero-order chi connectivity index (χ0) is 16.9. The van der Waals surface area contributed by atoms with E-state index in [9.17, 15) is 9.59 Å². The van der Waals surface area contributed by atoms with Crippen molar-refractivity contribution in [3.63, 3.8) is 0 Å². The average molecular weight is 322 g/mol. The summed E-state index contributed by atoms with van der Waals surface area (Å²) in [5, 5.41) is 3.52. The normalized spacial score (nSPS) is 10.4. The quantitative estimate of drug-likeness (QED) is 0.647. The van der Waals surface area contributed by atoms with E-state index in [1.807, 2.05) is 66.2 Å². The molecule has 3 aromatic rings. The molecule has 3 amide bonds. The second kappa shape index (κ2) is 6.87. The van der Waals surface area contributed by atoms with Gasteiger partial charge in [0.2, 0.25) is 0 Å². The van der Waals surface area contributed by atoms with E-state index in [-0.39, 0.29) is 5.91 Å². The minimum absolute atomic E-state index is 0.360. The Bertz CT molecular complexity index is 871. The van der Waals surface area contributed by atoms with Crippen LogP contribution in [0.3, 0.4) is 0 Å². The lowest BCUT2D eigenvalue weighted by Crippen LogP contribution is -2.46. The second-order valence-corrected chi connectivity index (χ2v) is 5.42. The van der Waals surface area contributed by atoms with Crippen molar-refractivity contribution < 1.29 is 9.59 Å². The van der Waals surface area contributed by atoms with Crippen LogP contribution in [0.25, 0.3) is 10.9 Å². The zero-order valence-corrected chi connectivity index (χ0v) is 13.2. The fraction of sp³-hybridized carbons (Fsp3) is 0.111. The minimum atomic E-state index is -0.465. The lowest BCUT2D eigenvalue weighted by Gasteiger charge is -2.08. The van der Waals surface area contributed by atoms with Gasteiger partial charge in [0.05, 0.1) is 5.56 Å². The van der Waals surface area contributed by atoms with Gasteiger partial charge in [0.15, 0.2) is 0 Å². The molecule has 0 atom stereocenters. The van der Waals surface area contributed by atoms with Crippen LogP contribution in [-0.4, -0.2) is 16.5 Å². The molecule has 0 aliphatic carbocycles.